The third-order valence-corrected chi connectivity index (χ3v) is 7.78. The van der Waals surface area contributed by atoms with E-state index in [2.05, 4.69) is 5.32 Å². The van der Waals surface area contributed by atoms with Crippen LogP contribution in [0.1, 0.15) is 44.6 Å². The lowest BCUT2D eigenvalue weighted by atomic mass is 10.1. The molecule has 0 unspecified atom stereocenters. The van der Waals surface area contributed by atoms with Crippen LogP contribution in [0.5, 0.6) is 11.5 Å². The van der Waals surface area contributed by atoms with E-state index in [0.29, 0.717) is 23.6 Å². The third-order valence-electron chi connectivity index (χ3n) is 6.64. The number of anilines is 1. The van der Waals surface area contributed by atoms with Crippen LogP contribution in [0.25, 0.3) is 0 Å². The lowest BCUT2D eigenvalue weighted by molar-refractivity contribution is -0.140. The van der Waals surface area contributed by atoms with E-state index in [9.17, 15) is 18.0 Å². The Balaban J connectivity index is 1.90. The van der Waals surface area contributed by atoms with E-state index in [1.54, 1.807) is 43.5 Å². The number of nitrogens with one attached hydrogen (secondary N) is 1. The average Bonchev–Trinajstić information content (AvgIpc) is 3.40. The monoisotopic (exact) mass is 531 g/mol. The van der Waals surface area contributed by atoms with E-state index in [0.717, 1.165) is 41.8 Å². The molecule has 0 heterocycles. The van der Waals surface area contributed by atoms with Crippen LogP contribution in [0.15, 0.2) is 48.5 Å². The zero-order valence-corrected chi connectivity index (χ0v) is 22.8. The first kappa shape index (κ1) is 28.3. The summed E-state index contributed by atoms with van der Waals surface area (Å²) in [5.41, 5.74) is 1.14. The second-order valence-electron chi connectivity index (χ2n) is 9.25. The lowest BCUT2D eigenvalue weighted by Gasteiger charge is -2.33. The molecule has 0 saturated heterocycles. The van der Waals surface area contributed by atoms with Gasteiger partial charge >= 0.3 is 0 Å². The van der Waals surface area contributed by atoms with Gasteiger partial charge in [0.05, 0.1) is 26.2 Å². The van der Waals surface area contributed by atoms with E-state index in [-0.39, 0.29) is 18.5 Å². The molecule has 37 heavy (non-hydrogen) atoms. The lowest BCUT2D eigenvalue weighted by Crippen LogP contribution is -2.53. The number of nitrogens with zero attached hydrogens (tertiary/aromatic N) is 2. The van der Waals surface area contributed by atoms with Crippen molar-refractivity contribution >= 4 is 27.5 Å². The van der Waals surface area contributed by atoms with Gasteiger partial charge in [0, 0.05) is 12.6 Å². The molecule has 10 heteroatoms. The maximum absolute atomic E-state index is 13.8. The van der Waals surface area contributed by atoms with Crippen LogP contribution in [0, 0.1) is 0 Å². The molecule has 1 aliphatic carbocycles. The highest BCUT2D eigenvalue weighted by atomic mass is 32.2. The fourth-order valence-corrected chi connectivity index (χ4v) is 5.43. The normalized spacial score (nSPS) is 14.6. The largest absolute Gasteiger partial charge is 0.497 e. The maximum Gasteiger partial charge on any atom is 0.244 e. The quantitative estimate of drug-likeness (QED) is 0.451. The van der Waals surface area contributed by atoms with Crippen molar-refractivity contribution in [1.82, 2.24) is 10.2 Å². The number of hydrogen-bond acceptors (Lipinski definition) is 6. The molecule has 0 radical (unpaired) electrons. The van der Waals surface area contributed by atoms with Crippen LogP contribution in [-0.2, 0) is 26.2 Å². The van der Waals surface area contributed by atoms with Crippen molar-refractivity contribution in [3.05, 3.63) is 54.1 Å². The summed E-state index contributed by atoms with van der Waals surface area (Å²) >= 11 is 0. The average molecular weight is 532 g/mol. The molecule has 2 amide bonds. The van der Waals surface area contributed by atoms with E-state index >= 15 is 0 Å². The maximum atomic E-state index is 13.8. The first-order valence-electron chi connectivity index (χ1n) is 12.5. The SMILES string of the molecule is CC[C@H](C(=O)NC1CCCC1)N(Cc1ccc(OC)cc1)C(=O)CN(c1ccc(OC)cc1)S(C)(=O)=O. The Kier molecular flexibility index (Phi) is 9.79. The van der Waals surface area contributed by atoms with Crippen LogP contribution in [-0.4, -0.2) is 64.2 Å². The first-order valence-corrected chi connectivity index (χ1v) is 14.4. The van der Waals surface area contributed by atoms with Crippen LogP contribution >= 0.6 is 0 Å². The molecule has 1 aliphatic rings. The van der Waals surface area contributed by atoms with Crippen molar-refractivity contribution in [3.63, 3.8) is 0 Å². The standard InChI is InChI=1S/C27H37N3O6S/c1-5-25(27(32)28-21-8-6-7-9-21)29(18-20-10-14-23(35-2)15-11-20)26(31)19-30(37(4,33)34)22-12-16-24(36-3)17-13-22/h10-17,21,25H,5-9,18-19H2,1-4H3,(H,28,32)/t25-/m1/s1. The summed E-state index contributed by atoms with van der Waals surface area (Å²) in [7, 11) is -0.698. The van der Waals surface area contributed by atoms with Gasteiger partial charge in [0.25, 0.3) is 0 Å². The van der Waals surface area contributed by atoms with Gasteiger partial charge in [0.1, 0.15) is 24.1 Å². The minimum atomic E-state index is -3.79. The number of benzene rings is 2. The Morgan fingerprint density at radius 1 is 0.973 bits per heavy atom. The molecule has 9 nitrogen and oxygen atoms in total. The van der Waals surface area contributed by atoms with Crippen molar-refractivity contribution in [1.29, 1.82) is 0 Å². The molecule has 0 bridgehead atoms. The molecule has 0 aliphatic heterocycles. The molecule has 1 fully saturated rings. The van der Waals surface area contributed by atoms with Gasteiger partial charge in [-0.25, -0.2) is 8.42 Å². The molecule has 1 saturated carbocycles. The van der Waals surface area contributed by atoms with Gasteiger partial charge in [-0.1, -0.05) is 31.9 Å². The summed E-state index contributed by atoms with van der Waals surface area (Å²) in [6, 6.07) is 13.1. The molecule has 0 spiro atoms. The summed E-state index contributed by atoms with van der Waals surface area (Å²) in [6.07, 6.45) is 5.44. The summed E-state index contributed by atoms with van der Waals surface area (Å²) in [4.78, 5) is 28.6. The Labute approximate surface area is 219 Å². The van der Waals surface area contributed by atoms with Gasteiger partial charge in [0.2, 0.25) is 21.8 Å². The van der Waals surface area contributed by atoms with Crippen molar-refractivity contribution in [2.75, 3.05) is 31.3 Å². The number of ether oxygens (including phenoxy) is 2. The number of hydrogen-bond donors (Lipinski definition) is 1. The highest BCUT2D eigenvalue weighted by Gasteiger charge is 2.33. The second kappa shape index (κ2) is 12.8. The number of rotatable bonds is 12. The van der Waals surface area contributed by atoms with Crippen LogP contribution in [0.4, 0.5) is 5.69 Å². The molecular formula is C27H37N3O6S. The topological polar surface area (TPSA) is 105 Å². The summed E-state index contributed by atoms with van der Waals surface area (Å²) < 4.78 is 36.9. The second-order valence-corrected chi connectivity index (χ2v) is 11.2. The molecule has 2 aromatic rings. The van der Waals surface area contributed by atoms with Crippen molar-refractivity contribution in [2.45, 2.75) is 57.7 Å². The molecule has 1 atom stereocenters. The molecule has 1 N–H and O–H groups in total. The minimum Gasteiger partial charge on any atom is -0.497 e. The molecule has 3 rings (SSSR count). The van der Waals surface area contributed by atoms with Crippen LogP contribution in [0.2, 0.25) is 0 Å². The Morgan fingerprint density at radius 3 is 2.00 bits per heavy atom. The minimum absolute atomic E-state index is 0.103. The predicted octanol–water partition coefficient (Wildman–Crippen LogP) is 3.34. The van der Waals surface area contributed by atoms with Gasteiger partial charge in [-0.15, -0.1) is 0 Å². The Morgan fingerprint density at radius 2 is 1.51 bits per heavy atom. The summed E-state index contributed by atoms with van der Waals surface area (Å²) in [6.45, 7) is 1.57. The number of methoxy groups -OCH3 is 2. The fourth-order valence-electron chi connectivity index (χ4n) is 4.58. The number of amides is 2. The number of carbonyl (C=O) groups excluding carboxylic acids is 2. The Bertz CT molecular complexity index is 1150. The van der Waals surface area contributed by atoms with Crippen molar-refractivity contribution < 1.29 is 27.5 Å². The van der Waals surface area contributed by atoms with Crippen molar-refractivity contribution in [3.8, 4) is 11.5 Å². The first-order chi connectivity index (χ1) is 17.7. The van der Waals surface area contributed by atoms with Gasteiger partial charge in [-0.05, 0) is 61.2 Å². The Hall–Kier alpha value is -3.27. The van der Waals surface area contributed by atoms with Gasteiger partial charge in [-0.3, -0.25) is 13.9 Å². The molecule has 2 aromatic carbocycles. The van der Waals surface area contributed by atoms with Gasteiger partial charge in [0.15, 0.2) is 0 Å². The van der Waals surface area contributed by atoms with E-state index in [1.807, 2.05) is 19.1 Å². The molecule has 202 valence electrons. The zero-order valence-electron chi connectivity index (χ0n) is 22.0. The summed E-state index contributed by atoms with van der Waals surface area (Å²) in [5, 5.41) is 3.10. The van der Waals surface area contributed by atoms with Crippen LogP contribution < -0.4 is 19.1 Å². The molecule has 0 aromatic heterocycles. The fraction of sp³-hybridized carbons (Fsp3) is 0.481. The molecular weight excluding hydrogens is 494 g/mol. The number of carbonyl (C=O) groups is 2. The van der Waals surface area contributed by atoms with Gasteiger partial charge in [-0.2, -0.15) is 0 Å². The van der Waals surface area contributed by atoms with E-state index < -0.39 is 28.5 Å². The highest BCUT2D eigenvalue weighted by molar-refractivity contribution is 7.92. The predicted molar refractivity (Wildman–Crippen MR) is 143 cm³/mol. The zero-order chi connectivity index (χ0) is 27.0. The van der Waals surface area contributed by atoms with Gasteiger partial charge < -0.3 is 19.7 Å². The number of sulfonamides is 1. The summed E-state index contributed by atoms with van der Waals surface area (Å²) in [5.74, 6) is 0.562. The smallest absolute Gasteiger partial charge is 0.244 e. The highest BCUT2D eigenvalue weighted by Crippen LogP contribution is 2.24. The van der Waals surface area contributed by atoms with Crippen molar-refractivity contribution in [2.24, 2.45) is 0 Å². The van der Waals surface area contributed by atoms with Crippen LogP contribution in [0.3, 0.4) is 0 Å². The third kappa shape index (κ3) is 7.61. The van der Waals surface area contributed by atoms with E-state index in [1.165, 1.54) is 12.0 Å². The van der Waals surface area contributed by atoms with E-state index in [4.69, 9.17) is 9.47 Å².